The number of hydrogen-bond donors (Lipinski definition) is 1. The smallest absolute Gasteiger partial charge is 0.304 e. The van der Waals surface area contributed by atoms with Gasteiger partial charge in [0.2, 0.25) is 0 Å². The molecule has 18 heavy (non-hydrogen) atoms. The second-order valence-electron chi connectivity index (χ2n) is 4.62. The fraction of sp³-hybridized carbons (Fsp3) is 0.462. The largest absolute Gasteiger partial charge is 0.481 e. The highest BCUT2D eigenvalue weighted by Crippen LogP contribution is 2.29. The van der Waals surface area contributed by atoms with E-state index in [1.165, 1.54) is 12.1 Å². The van der Waals surface area contributed by atoms with Gasteiger partial charge in [-0.1, -0.05) is 11.6 Å². The fourth-order valence-corrected chi connectivity index (χ4v) is 2.25. The lowest BCUT2D eigenvalue weighted by atomic mass is 10.2. The molecular formula is C13H15ClFNO2. The van der Waals surface area contributed by atoms with Crippen molar-refractivity contribution >= 4 is 17.6 Å². The highest BCUT2D eigenvalue weighted by Gasteiger charge is 2.29. The Hall–Kier alpha value is -1.13. The maximum Gasteiger partial charge on any atom is 0.304 e. The van der Waals surface area contributed by atoms with Gasteiger partial charge < -0.3 is 5.11 Å². The zero-order valence-electron chi connectivity index (χ0n) is 9.90. The highest BCUT2D eigenvalue weighted by molar-refractivity contribution is 6.30. The van der Waals surface area contributed by atoms with Gasteiger partial charge in [0, 0.05) is 24.2 Å². The normalized spacial score (nSPS) is 15.1. The summed E-state index contributed by atoms with van der Waals surface area (Å²) >= 11 is 5.80. The molecule has 2 rings (SSSR count). The van der Waals surface area contributed by atoms with Gasteiger partial charge in [0.1, 0.15) is 5.82 Å². The molecule has 0 spiro atoms. The summed E-state index contributed by atoms with van der Waals surface area (Å²) in [5.74, 6) is -1.16. The number of carbonyl (C=O) groups is 1. The van der Waals surface area contributed by atoms with Crippen LogP contribution in [0.1, 0.15) is 24.8 Å². The summed E-state index contributed by atoms with van der Waals surface area (Å²) in [6.07, 6.45) is 2.28. The lowest BCUT2D eigenvalue weighted by Crippen LogP contribution is -2.28. The lowest BCUT2D eigenvalue weighted by Gasteiger charge is -2.21. The van der Waals surface area contributed by atoms with Crippen molar-refractivity contribution in [1.82, 2.24) is 4.90 Å². The van der Waals surface area contributed by atoms with Crippen molar-refractivity contribution in [3.8, 4) is 0 Å². The van der Waals surface area contributed by atoms with Crippen molar-refractivity contribution in [2.24, 2.45) is 0 Å². The van der Waals surface area contributed by atoms with Crippen molar-refractivity contribution < 1.29 is 14.3 Å². The van der Waals surface area contributed by atoms with Gasteiger partial charge in [-0.15, -0.1) is 0 Å². The van der Waals surface area contributed by atoms with E-state index in [2.05, 4.69) is 4.90 Å². The average Bonchev–Trinajstić information content (AvgIpc) is 3.06. The predicted octanol–water partition coefficient (Wildman–Crippen LogP) is 2.92. The number of nitrogens with zero attached hydrogens (tertiary/aromatic N) is 1. The van der Waals surface area contributed by atoms with Crippen molar-refractivity contribution in [3.05, 3.63) is 34.6 Å². The molecule has 0 atom stereocenters. The first-order valence-electron chi connectivity index (χ1n) is 5.95. The third-order valence-corrected chi connectivity index (χ3v) is 3.20. The maximum absolute atomic E-state index is 13.2. The maximum atomic E-state index is 13.2. The van der Waals surface area contributed by atoms with E-state index in [0.29, 0.717) is 24.2 Å². The summed E-state index contributed by atoms with van der Waals surface area (Å²) < 4.78 is 13.2. The van der Waals surface area contributed by atoms with Gasteiger partial charge in [-0.3, -0.25) is 9.69 Å². The topological polar surface area (TPSA) is 40.5 Å². The van der Waals surface area contributed by atoms with Gasteiger partial charge in [-0.05, 0) is 36.6 Å². The molecule has 98 valence electrons. The van der Waals surface area contributed by atoms with Crippen LogP contribution in [-0.2, 0) is 11.3 Å². The van der Waals surface area contributed by atoms with Crippen LogP contribution in [0.4, 0.5) is 4.39 Å². The van der Waals surface area contributed by atoms with Gasteiger partial charge in [0.15, 0.2) is 0 Å². The number of carboxylic acids is 1. The molecule has 3 nitrogen and oxygen atoms in total. The summed E-state index contributed by atoms with van der Waals surface area (Å²) in [7, 11) is 0. The number of rotatable bonds is 6. The molecule has 1 aromatic rings. The zero-order valence-corrected chi connectivity index (χ0v) is 10.7. The molecule has 1 saturated carbocycles. The summed E-state index contributed by atoms with van der Waals surface area (Å²) in [4.78, 5) is 12.7. The van der Waals surface area contributed by atoms with Crippen LogP contribution in [0.5, 0.6) is 0 Å². The fourth-order valence-electron chi connectivity index (χ4n) is 2.01. The van der Waals surface area contributed by atoms with Crippen LogP contribution in [0.3, 0.4) is 0 Å². The molecule has 0 radical (unpaired) electrons. The second-order valence-corrected chi connectivity index (χ2v) is 5.06. The molecule has 0 saturated heterocycles. The molecular weight excluding hydrogens is 257 g/mol. The molecule has 1 aliphatic rings. The van der Waals surface area contributed by atoms with E-state index < -0.39 is 5.97 Å². The van der Waals surface area contributed by atoms with E-state index in [1.807, 2.05) is 0 Å². The Labute approximate surface area is 110 Å². The van der Waals surface area contributed by atoms with Crippen LogP contribution >= 0.6 is 11.6 Å². The molecule has 0 aliphatic heterocycles. The van der Waals surface area contributed by atoms with Gasteiger partial charge in [0.25, 0.3) is 0 Å². The van der Waals surface area contributed by atoms with E-state index in [-0.39, 0.29) is 12.2 Å². The van der Waals surface area contributed by atoms with Crippen molar-refractivity contribution in [3.63, 3.8) is 0 Å². The molecule has 0 amide bonds. The number of carboxylic acid groups (broad SMARTS) is 1. The van der Waals surface area contributed by atoms with Crippen molar-refractivity contribution in [2.75, 3.05) is 6.54 Å². The summed E-state index contributed by atoms with van der Waals surface area (Å²) in [5.41, 5.74) is 0.789. The number of aliphatic carboxylic acids is 1. The third kappa shape index (κ3) is 3.96. The van der Waals surface area contributed by atoms with Crippen molar-refractivity contribution in [1.29, 1.82) is 0 Å². The monoisotopic (exact) mass is 271 g/mol. The van der Waals surface area contributed by atoms with Crippen LogP contribution in [0.2, 0.25) is 5.02 Å². The summed E-state index contributed by atoms with van der Waals surface area (Å²) in [6, 6.07) is 4.87. The molecule has 0 heterocycles. The molecule has 0 bridgehead atoms. The zero-order chi connectivity index (χ0) is 13.1. The molecule has 1 aliphatic carbocycles. The lowest BCUT2D eigenvalue weighted by molar-refractivity contribution is -0.137. The van der Waals surface area contributed by atoms with Crippen molar-refractivity contribution in [2.45, 2.75) is 31.8 Å². The molecule has 1 fully saturated rings. The van der Waals surface area contributed by atoms with Gasteiger partial charge in [-0.2, -0.15) is 0 Å². The Bertz CT molecular complexity index is 428. The first-order valence-corrected chi connectivity index (χ1v) is 6.33. The Morgan fingerprint density at radius 2 is 2.17 bits per heavy atom. The van der Waals surface area contributed by atoms with Gasteiger partial charge in [-0.25, -0.2) is 4.39 Å². The Morgan fingerprint density at radius 1 is 1.44 bits per heavy atom. The standard InChI is InChI=1S/C13H15ClFNO2/c14-10-5-9(6-11(15)7-10)8-16(12-1-2-12)4-3-13(17)18/h5-7,12H,1-4,8H2,(H,17,18). The minimum absolute atomic E-state index is 0.111. The van der Waals surface area contributed by atoms with E-state index >= 15 is 0 Å². The number of hydrogen-bond acceptors (Lipinski definition) is 2. The highest BCUT2D eigenvalue weighted by atomic mass is 35.5. The second kappa shape index (κ2) is 5.67. The van der Waals surface area contributed by atoms with E-state index in [1.54, 1.807) is 6.07 Å². The van der Waals surface area contributed by atoms with Gasteiger partial charge in [0.05, 0.1) is 6.42 Å². The minimum Gasteiger partial charge on any atom is -0.481 e. The Balaban J connectivity index is 2.01. The predicted molar refractivity (Wildman–Crippen MR) is 67.1 cm³/mol. The minimum atomic E-state index is -0.807. The third-order valence-electron chi connectivity index (χ3n) is 2.98. The molecule has 5 heteroatoms. The molecule has 1 aromatic carbocycles. The molecule has 1 N–H and O–H groups in total. The number of benzene rings is 1. The Kier molecular flexibility index (Phi) is 4.19. The van der Waals surface area contributed by atoms with Crippen LogP contribution in [0.25, 0.3) is 0 Å². The summed E-state index contributed by atoms with van der Waals surface area (Å²) in [5, 5.41) is 9.09. The molecule has 0 unspecified atom stereocenters. The van der Waals surface area contributed by atoms with Gasteiger partial charge >= 0.3 is 5.97 Å². The van der Waals surface area contributed by atoms with Crippen LogP contribution in [0.15, 0.2) is 18.2 Å². The Morgan fingerprint density at radius 3 is 2.72 bits per heavy atom. The van der Waals surface area contributed by atoms with Crippen LogP contribution < -0.4 is 0 Å². The van der Waals surface area contributed by atoms with E-state index in [4.69, 9.17) is 16.7 Å². The summed E-state index contributed by atoms with van der Waals surface area (Å²) in [6.45, 7) is 1.05. The molecule has 0 aromatic heterocycles. The first-order chi connectivity index (χ1) is 8.54. The quantitative estimate of drug-likeness (QED) is 0.865. The van der Waals surface area contributed by atoms with Crippen LogP contribution in [-0.4, -0.2) is 28.6 Å². The van der Waals surface area contributed by atoms with Crippen LogP contribution in [0, 0.1) is 5.82 Å². The van der Waals surface area contributed by atoms with E-state index in [0.717, 1.165) is 18.4 Å². The first kappa shape index (κ1) is 13.3. The SMILES string of the molecule is O=C(O)CCN(Cc1cc(F)cc(Cl)c1)C1CC1. The average molecular weight is 272 g/mol. The van der Waals surface area contributed by atoms with E-state index in [9.17, 15) is 9.18 Å². The number of halogens is 2.